The summed E-state index contributed by atoms with van der Waals surface area (Å²) in [6.07, 6.45) is 2.48. The Balaban J connectivity index is 2.78. The summed E-state index contributed by atoms with van der Waals surface area (Å²) < 4.78 is 5.66. The summed E-state index contributed by atoms with van der Waals surface area (Å²) in [6, 6.07) is 0. The van der Waals surface area contributed by atoms with E-state index in [1.54, 1.807) is 0 Å². The quantitative estimate of drug-likeness (QED) is 0.778. The molecule has 2 unspecified atom stereocenters. The minimum atomic E-state index is -0.821. The molecule has 1 fully saturated rings. The molecule has 0 aromatic carbocycles. The minimum absolute atomic E-state index is 0.0420. The molecule has 1 amide bonds. The highest BCUT2D eigenvalue weighted by Crippen LogP contribution is 2.50. The zero-order chi connectivity index (χ0) is 14.9. The van der Waals surface area contributed by atoms with E-state index < -0.39 is 5.54 Å². The van der Waals surface area contributed by atoms with Crippen molar-refractivity contribution in [3.63, 3.8) is 0 Å². The van der Waals surface area contributed by atoms with Crippen LogP contribution < -0.4 is 11.1 Å². The van der Waals surface area contributed by atoms with Crippen LogP contribution in [0, 0.1) is 5.41 Å². The van der Waals surface area contributed by atoms with Crippen LogP contribution in [0.5, 0.6) is 0 Å². The molecule has 0 radical (unpaired) electrons. The van der Waals surface area contributed by atoms with Gasteiger partial charge in [0.25, 0.3) is 0 Å². The van der Waals surface area contributed by atoms with Gasteiger partial charge < -0.3 is 15.8 Å². The van der Waals surface area contributed by atoms with E-state index in [-0.39, 0.29) is 23.0 Å². The van der Waals surface area contributed by atoms with Crippen LogP contribution >= 0.6 is 0 Å². The second kappa shape index (κ2) is 5.41. The zero-order valence-corrected chi connectivity index (χ0v) is 13.3. The van der Waals surface area contributed by atoms with E-state index in [1.807, 2.05) is 20.8 Å². The minimum Gasteiger partial charge on any atom is -0.378 e. The fraction of sp³-hybridized carbons (Fsp3) is 0.933. The molecular formula is C15H30N2O2. The molecule has 0 aromatic heterocycles. The molecule has 0 bridgehead atoms. The number of carbonyl (C=O) groups is 1. The lowest BCUT2D eigenvalue weighted by Gasteiger charge is -2.58. The summed E-state index contributed by atoms with van der Waals surface area (Å²) >= 11 is 0. The van der Waals surface area contributed by atoms with Crippen molar-refractivity contribution < 1.29 is 9.53 Å². The number of rotatable bonds is 6. The maximum Gasteiger partial charge on any atom is 0.241 e. The van der Waals surface area contributed by atoms with Gasteiger partial charge in [-0.1, -0.05) is 27.7 Å². The number of ether oxygens (including phenoxy) is 1. The fourth-order valence-corrected chi connectivity index (χ4v) is 2.63. The predicted molar refractivity (Wildman–Crippen MR) is 77.9 cm³/mol. The normalized spacial score (nSPS) is 29.7. The van der Waals surface area contributed by atoms with Gasteiger partial charge in [0.15, 0.2) is 0 Å². The molecule has 19 heavy (non-hydrogen) atoms. The van der Waals surface area contributed by atoms with Crippen molar-refractivity contribution in [1.82, 2.24) is 5.32 Å². The Labute approximate surface area is 117 Å². The van der Waals surface area contributed by atoms with E-state index in [9.17, 15) is 4.79 Å². The van der Waals surface area contributed by atoms with Gasteiger partial charge >= 0.3 is 0 Å². The largest absolute Gasteiger partial charge is 0.378 e. The average Bonchev–Trinajstić information content (AvgIpc) is 2.37. The van der Waals surface area contributed by atoms with Crippen molar-refractivity contribution >= 4 is 5.91 Å². The van der Waals surface area contributed by atoms with Crippen LogP contribution in [-0.2, 0) is 9.53 Å². The number of hydrogen-bond donors (Lipinski definition) is 2. The summed E-state index contributed by atoms with van der Waals surface area (Å²) in [5, 5.41) is 3.13. The lowest BCUT2D eigenvalue weighted by Crippen LogP contribution is -2.77. The molecule has 1 aliphatic carbocycles. The van der Waals surface area contributed by atoms with Crippen LogP contribution in [0.25, 0.3) is 0 Å². The van der Waals surface area contributed by atoms with Gasteiger partial charge in [-0.2, -0.15) is 0 Å². The van der Waals surface area contributed by atoms with E-state index >= 15 is 0 Å². The molecule has 2 atom stereocenters. The Kier molecular flexibility index (Phi) is 4.68. The molecule has 3 N–H and O–H groups in total. The third-order valence-corrected chi connectivity index (χ3v) is 5.21. The van der Waals surface area contributed by atoms with Gasteiger partial charge in [-0.05, 0) is 26.7 Å². The maximum atomic E-state index is 12.6. The summed E-state index contributed by atoms with van der Waals surface area (Å²) in [4.78, 5) is 12.6. The van der Waals surface area contributed by atoms with Crippen LogP contribution in [0.4, 0.5) is 0 Å². The third-order valence-electron chi connectivity index (χ3n) is 5.21. The first-order chi connectivity index (χ1) is 8.66. The summed E-state index contributed by atoms with van der Waals surface area (Å²) in [5.74, 6) is -0.0420. The van der Waals surface area contributed by atoms with Gasteiger partial charge in [-0.25, -0.2) is 0 Å². The number of nitrogens with two attached hydrogens (primary N) is 1. The zero-order valence-electron chi connectivity index (χ0n) is 13.3. The first-order valence-electron chi connectivity index (χ1n) is 7.40. The van der Waals surface area contributed by atoms with Gasteiger partial charge in [0.05, 0.1) is 6.10 Å². The molecule has 0 heterocycles. The lowest BCUT2D eigenvalue weighted by molar-refractivity contribution is -0.172. The smallest absolute Gasteiger partial charge is 0.241 e. The van der Waals surface area contributed by atoms with Crippen LogP contribution in [0.2, 0.25) is 0 Å². The van der Waals surface area contributed by atoms with E-state index in [1.165, 1.54) is 0 Å². The van der Waals surface area contributed by atoms with Crippen molar-refractivity contribution in [2.24, 2.45) is 11.1 Å². The standard InChI is InChI=1S/C15H30N2O2/c1-7-14(6,8-2)17-12(18)15(16)10-11(19-9-3)13(15,4)5/h11H,7-10,16H2,1-6H3,(H,17,18). The average molecular weight is 270 g/mol. The van der Waals surface area contributed by atoms with Crippen LogP contribution in [-0.4, -0.2) is 29.7 Å². The van der Waals surface area contributed by atoms with Crippen molar-refractivity contribution in [3.8, 4) is 0 Å². The van der Waals surface area contributed by atoms with Gasteiger partial charge in [-0.3, -0.25) is 4.79 Å². The van der Waals surface area contributed by atoms with Crippen molar-refractivity contribution in [2.45, 2.75) is 78.0 Å². The van der Waals surface area contributed by atoms with E-state index in [0.29, 0.717) is 13.0 Å². The number of hydrogen-bond acceptors (Lipinski definition) is 3. The van der Waals surface area contributed by atoms with Crippen LogP contribution in [0.15, 0.2) is 0 Å². The molecule has 0 aromatic rings. The molecule has 0 saturated heterocycles. The van der Waals surface area contributed by atoms with Gasteiger partial charge in [0.1, 0.15) is 5.54 Å². The first-order valence-corrected chi connectivity index (χ1v) is 7.40. The first kappa shape index (κ1) is 16.4. The topological polar surface area (TPSA) is 64.3 Å². The Bertz CT molecular complexity index is 337. The molecule has 4 nitrogen and oxygen atoms in total. The molecular weight excluding hydrogens is 240 g/mol. The summed E-state index contributed by atoms with van der Waals surface area (Å²) in [5.41, 5.74) is 5.05. The van der Waals surface area contributed by atoms with E-state index in [2.05, 4.69) is 26.1 Å². The second-order valence-corrected chi connectivity index (χ2v) is 6.56. The van der Waals surface area contributed by atoms with Crippen molar-refractivity contribution in [2.75, 3.05) is 6.61 Å². The maximum absolute atomic E-state index is 12.6. The second-order valence-electron chi connectivity index (χ2n) is 6.56. The SMILES string of the molecule is CCOC1CC(N)(C(=O)NC(C)(CC)CC)C1(C)C. The van der Waals surface area contributed by atoms with Gasteiger partial charge in [-0.15, -0.1) is 0 Å². The summed E-state index contributed by atoms with van der Waals surface area (Å²) in [6.45, 7) is 12.9. The summed E-state index contributed by atoms with van der Waals surface area (Å²) in [7, 11) is 0. The van der Waals surface area contributed by atoms with Gasteiger partial charge in [0, 0.05) is 24.0 Å². The molecule has 4 heteroatoms. The Morgan fingerprint density at radius 1 is 1.37 bits per heavy atom. The van der Waals surface area contributed by atoms with Crippen LogP contribution in [0.3, 0.4) is 0 Å². The third kappa shape index (κ3) is 2.65. The highest BCUT2D eigenvalue weighted by Gasteiger charge is 2.63. The van der Waals surface area contributed by atoms with Crippen molar-refractivity contribution in [1.29, 1.82) is 0 Å². The number of amides is 1. The molecule has 0 spiro atoms. The number of nitrogens with one attached hydrogen (secondary N) is 1. The Hall–Kier alpha value is -0.610. The highest BCUT2D eigenvalue weighted by atomic mass is 16.5. The molecule has 1 aliphatic rings. The van der Waals surface area contributed by atoms with E-state index in [4.69, 9.17) is 10.5 Å². The van der Waals surface area contributed by atoms with E-state index in [0.717, 1.165) is 12.8 Å². The fourth-order valence-electron chi connectivity index (χ4n) is 2.63. The lowest BCUT2D eigenvalue weighted by atomic mass is 9.54. The highest BCUT2D eigenvalue weighted by molar-refractivity contribution is 5.89. The molecule has 0 aliphatic heterocycles. The molecule has 1 saturated carbocycles. The van der Waals surface area contributed by atoms with Crippen molar-refractivity contribution in [3.05, 3.63) is 0 Å². The number of carbonyl (C=O) groups excluding carboxylic acids is 1. The molecule has 1 rings (SSSR count). The predicted octanol–water partition coefficient (Wildman–Crippen LogP) is 2.21. The Morgan fingerprint density at radius 2 is 1.89 bits per heavy atom. The monoisotopic (exact) mass is 270 g/mol. The van der Waals surface area contributed by atoms with Crippen LogP contribution in [0.1, 0.15) is 60.8 Å². The molecule has 112 valence electrons. The van der Waals surface area contributed by atoms with Gasteiger partial charge in [0.2, 0.25) is 5.91 Å². The Morgan fingerprint density at radius 3 is 2.26 bits per heavy atom.